The second-order valence-corrected chi connectivity index (χ2v) is 5.73. The minimum Gasteiger partial charge on any atom is -0.508 e. The van der Waals surface area contributed by atoms with Crippen LogP contribution in [0.15, 0.2) is 48.5 Å². The van der Waals surface area contributed by atoms with Gasteiger partial charge in [-0.25, -0.2) is 0 Å². The molecule has 0 aliphatic heterocycles. The van der Waals surface area contributed by atoms with E-state index in [0.717, 1.165) is 5.56 Å². The Bertz CT molecular complexity index is 714. The lowest BCUT2D eigenvalue weighted by Gasteiger charge is -2.20. The number of nitrogens with zero attached hydrogens (tertiary/aromatic N) is 1. The van der Waals surface area contributed by atoms with Crippen LogP contribution in [0.4, 0.5) is 5.69 Å². The van der Waals surface area contributed by atoms with Gasteiger partial charge in [0.1, 0.15) is 5.75 Å². The largest absolute Gasteiger partial charge is 0.508 e. The van der Waals surface area contributed by atoms with E-state index in [9.17, 15) is 14.7 Å². The lowest BCUT2D eigenvalue weighted by atomic mass is 10.1. The molecule has 2 N–H and O–H groups in total. The van der Waals surface area contributed by atoms with E-state index in [4.69, 9.17) is 0 Å². The zero-order valence-electron chi connectivity index (χ0n) is 14.0. The van der Waals surface area contributed by atoms with Crippen LogP contribution in [0.5, 0.6) is 5.75 Å². The van der Waals surface area contributed by atoms with Gasteiger partial charge in [0.05, 0.1) is 6.54 Å². The zero-order chi connectivity index (χ0) is 17.5. The molecule has 5 nitrogen and oxygen atoms in total. The number of hydrogen-bond acceptors (Lipinski definition) is 3. The highest BCUT2D eigenvalue weighted by molar-refractivity contribution is 5.94. The van der Waals surface area contributed by atoms with E-state index in [1.54, 1.807) is 19.1 Å². The smallest absolute Gasteiger partial charge is 0.243 e. The van der Waals surface area contributed by atoms with Crippen LogP contribution in [0, 0.1) is 6.92 Å². The third-order valence-electron chi connectivity index (χ3n) is 3.77. The fourth-order valence-electron chi connectivity index (χ4n) is 2.36. The Balaban J connectivity index is 1.92. The second-order valence-electron chi connectivity index (χ2n) is 5.73. The van der Waals surface area contributed by atoms with E-state index in [2.05, 4.69) is 5.32 Å². The highest BCUT2D eigenvalue weighted by Gasteiger charge is 2.14. The number of hydrogen-bond donors (Lipinski definition) is 2. The van der Waals surface area contributed by atoms with Gasteiger partial charge in [0.25, 0.3) is 0 Å². The van der Waals surface area contributed by atoms with Crippen molar-refractivity contribution in [2.75, 3.05) is 18.4 Å². The number of carbonyl (C=O) groups excluding carboxylic acids is 2. The first-order valence-electron chi connectivity index (χ1n) is 7.84. The zero-order valence-corrected chi connectivity index (χ0v) is 14.0. The quantitative estimate of drug-likeness (QED) is 0.802. The van der Waals surface area contributed by atoms with E-state index in [0.29, 0.717) is 24.2 Å². The molecule has 0 saturated heterocycles. The number of anilines is 1. The van der Waals surface area contributed by atoms with Gasteiger partial charge in [0.2, 0.25) is 11.8 Å². The van der Waals surface area contributed by atoms with Crippen molar-refractivity contribution in [3.05, 3.63) is 59.7 Å². The van der Waals surface area contributed by atoms with E-state index in [-0.39, 0.29) is 24.1 Å². The molecule has 0 radical (unpaired) electrons. The Morgan fingerprint density at radius 2 is 1.83 bits per heavy atom. The maximum absolute atomic E-state index is 12.2. The average molecular weight is 326 g/mol. The lowest BCUT2D eigenvalue weighted by molar-refractivity contribution is -0.132. The predicted octanol–water partition coefficient (Wildman–Crippen LogP) is 2.73. The molecule has 0 heterocycles. The van der Waals surface area contributed by atoms with Crippen LogP contribution in [-0.2, 0) is 16.0 Å². The van der Waals surface area contributed by atoms with Crippen molar-refractivity contribution >= 4 is 17.5 Å². The number of aromatic hydroxyl groups is 1. The van der Waals surface area contributed by atoms with Crippen LogP contribution in [-0.4, -0.2) is 34.9 Å². The number of carbonyl (C=O) groups is 2. The van der Waals surface area contributed by atoms with Crippen molar-refractivity contribution in [3.63, 3.8) is 0 Å². The Morgan fingerprint density at radius 1 is 1.12 bits per heavy atom. The summed E-state index contributed by atoms with van der Waals surface area (Å²) in [6, 6.07) is 14.7. The maximum Gasteiger partial charge on any atom is 0.243 e. The molecule has 126 valence electrons. The van der Waals surface area contributed by atoms with Gasteiger partial charge in [-0.2, -0.15) is 0 Å². The summed E-state index contributed by atoms with van der Waals surface area (Å²) >= 11 is 0. The van der Waals surface area contributed by atoms with Gasteiger partial charge in [-0.3, -0.25) is 9.59 Å². The molecule has 2 aromatic rings. The van der Waals surface area contributed by atoms with E-state index in [1.165, 1.54) is 17.9 Å². The van der Waals surface area contributed by atoms with Crippen molar-refractivity contribution in [1.29, 1.82) is 0 Å². The summed E-state index contributed by atoms with van der Waals surface area (Å²) in [5.74, 6) is -0.215. The fraction of sp³-hybridized carbons (Fsp3) is 0.263. The fourth-order valence-corrected chi connectivity index (χ4v) is 2.36. The second kappa shape index (κ2) is 8.15. The van der Waals surface area contributed by atoms with Crippen molar-refractivity contribution in [2.45, 2.75) is 20.3 Å². The average Bonchev–Trinajstić information content (AvgIpc) is 2.55. The van der Waals surface area contributed by atoms with Crippen LogP contribution in [0.2, 0.25) is 0 Å². The highest BCUT2D eigenvalue weighted by Crippen LogP contribution is 2.20. The van der Waals surface area contributed by atoms with E-state index >= 15 is 0 Å². The first-order chi connectivity index (χ1) is 11.5. The Morgan fingerprint density at radius 3 is 2.46 bits per heavy atom. The Hall–Kier alpha value is -2.82. The summed E-state index contributed by atoms with van der Waals surface area (Å²) in [5, 5.41) is 12.3. The summed E-state index contributed by atoms with van der Waals surface area (Å²) in [6.45, 7) is 3.71. The molecule has 2 amide bonds. The van der Waals surface area contributed by atoms with Crippen LogP contribution in [0.1, 0.15) is 18.1 Å². The number of aryl methyl sites for hydroxylation is 1. The van der Waals surface area contributed by atoms with Crippen molar-refractivity contribution in [3.8, 4) is 5.75 Å². The maximum atomic E-state index is 12.2. The number of rotatable bonds is 6. The molecule has 2 rings (SSSR count). The number of amides is 2. The molecule has 0 unspecified atom stereocenters. The van der Waals surface area contributed by atoms with Gasteiger partial charge in [0.15, 0.2) is 0 Å². The van der Waals surface area contributed by atoms with Crippen LogP contribution in [0.25, 0.3) is 0 Å². The first kappa shape index (κ1) is 17.5. The predicted molar refractivity (Wildman–Crippen MR) is 93.9 cm³/mol. The SMILES string of the molecule is CC(=O)N(CCc1ccccc1)CC(=O)Nc1ccc(O)c(C)c1. The first-order valence-corrected chi connectivity index (χ1v) is 7.84. The van der Waals surface area contributed by atoms with Gasteiger partial charge in [-0.1, -0.05) is 30.3 Å². The molecule has 0 fully saturated rings. The molecular formula is C19H22N2O3. The standard InChI is InChI=1S/C19H22N2O3/c1-14-12-17(8-9-18(14)23)20-19(24)13-21(15(2)22)11-10-16-6-4-3-5-7-16/h3-9,12,23H,10-11,13H2,1-2H3,(H,20,24). The highest BCUT2D eigenvalue weighted by atomic mass is 16.3. The van der Waals surface area contributed by atoms with Crippen LogP contribution >= 0.6 is 0 Å². The molecule has 0 spiro atoms. The minimum absolute atomic E-state index is 0.00207. The van der Waals surface area contributed by atoms with Gasteiger partial charge in [-0.15, -0.1) is 0 Å². The third-order valence-corrected chi connectivity index (χ3v) is 3.77. The van der Waals surface area contributed by atoms with Crippen LogP contribution in [0.3, 0.4) is 0 Å². The molecule has 0 saturated carbocycles. The molecule has 0 bridgehead atoms. The third kappa shape index (κ3) is 5.12. The monoisotopic (exact) mass is 326 g/mol. The summed E-state index contributed by atoms with van der Waals surface area (Å²) in [6.07, 6.45) is 0.700. The van der Waals surface area contributed by atoms with Gasteiger partial charge >= 0.3 is 0 Å². The minimum atomic E-state index is -0.261. The summed E-state index contributed by atoms with van der Waals surface area (Å²) in [7, 11) is 0. The van der Waals surface area contributed by atoms with E-state index in [1.807, 2.05) is 30.3 Å². The van der Waals surface area contributed by atoms with Crippen molar-refractivity contribution < 1.29 is 14.7 Å². The van der Waals surface area contributed by atoms with Gasteiger partial charge in [0, 0.05) is 19.2 Å². The van der Waals surface area contributed by atoms with Gasteiger partial charge in [-0.05, 0) is 42.7 Å². The molecule has 0 aromatic heterocycles. The lowest BCUT2D eigenvalue weighted by Crippen LogP contribution is -2.38. The summed E-state index contributed by atoms with van der Waals surface area (Å²) in [4.78, 5) is 25.5. The number of phenolic OH excluding ortho intramolecular Hbond substituents is 1. The Labute approximate surface area is 141 Å². The molecule has 24 heavy (non-hydrogen) atoms. The molecule has 0 atom stereocenters. The molecule has 0 aliphatic carbocycles. The Kier molecular flexibility index (Phi) is 5.95. The molecule has 5 heteroatoms. The topological polar surface area (TPSA) is 69.6 Å². The molecule has 2 aromatic carbocycles. The number of nitrogens with one attached hydrogen (secondary N) is 1. The van der Waals surface area contributed by atoms with Gasteiger partial charge < -0.3 is 15.3 Å². The molecular weight excluding hydrogens is 304 g/mol. The number of phenols is 1. The van der Waals surface area contributed by atoms with Crippen LogP contribution < -0.4 is 5.32 Å². The summed E-state index contributed by atoms with van der Waals surface area (Å²) in [5.41, 5.74) is 2.40. The normalized spacial score (nSPS) is 10.2. The molecule has 0 aliphatic rings. The van der Waals surface area contributed by atoms with Crippen molar-refractivity contribution in [1.82, 2.24) is 4.90 Å². The van der Waals surface area contributed by atoms with E-state index < -0.39 is 0 Å². The summed E-state index contributed by atoms with van der Waals surface area (Å²) < 4.78 is 0. The number of benzene rings is 2. The van der Waals surface area contributed by atoms with Crippen molar-refractivity contribution in [2.24, 2.45) is 0 Å².